The number of carbonyl (C=O) groups is 1. The molecular weight excluding hydrogens is 412 g/mol. The Balaban J connectivity index is 1.85. The van der Waals surface area contributed by atoms with Crippen molar-refractivity contribution in [2.45, 2.75) is 13.5 Å². The van der Waals surface area contributed by atoms with E-state index in [4.69, 9.17) is 21.1 Å². The van der Waals surface area contributed by atoms with Gasteiger partial charge in [-0.3, -0.25) is 4.79 Å². The van der Waals surface area contributed by atoms with Gasteiger partial charge in [0.1, 0.15) is 29.7 Å². The van der Waals surface area contributed by atoms with E-state index in [2.05, 4.69) is 5.32 Å². The number of anilines is 1. The summed E-state index contributed by atoms with van der Waals surface area (Å²) in [5, 5.41) is 12.7. The zero-order valence-electron chi connectivity index (χ0n) is 17.2. The van der Waals surface area contributed by atoms with Crippen LogP contribution < -0.4 is 14.8 Å². The van der Waals surface area contributed by atoms with Gasteiger partial charge in [0, 0.05) is 22.3 Å². The second-order valence-electron chi connectivity index (χ2n) is 6.81. The van der Waals surface area contributed by atoms with E-state index in [-0.39, 0.29) is 5.57 Å². The number of benzene rings is 3. The number of methoxy groups -OCH3 is 1. The molecule has 31 heavy (non-hydrogen) atoms. The van der Waals surface area contributed by atoms with E-state index >= 15 is 0 Å². The number of hydrogen-bond donors (Lipinski definition) is 1. The largest absolute Gasteiger partial charge is 0.497 e. The van der Waals surface area contributed by atoms with E-state index < -0.39 is 5.91 Å². The first-order valence-electron chi connectivity index (χ1n) is 9.53. The van der Waals surface area contributed by atoms with Crippen molar-refractivity contribution in [1.29, 1.82) is 5.26 Å². The molecule has 0 fully saturated rings. The van der Waals surface area contributed by atoms with Crippen molar-refractivity contribution in [2.75, 3.05) is 12.4 Å². The summed E-state index contributed by atoms with van der Waals surface area (Å²) < 4.78 is 11.3. The van der Waals surface area contributed by atoms with Crippen LogP contribution in [-0.4, -0.2) is 13.0 Å². The van der Waals surface area contributed by atoms with Crippen LogP contribution in [0, 0.1) is 18.3 Å². The SMILES string of the molecule is COc1ccc(/C=C(\C#N)C(=O)Nc2cccc(Cl)c2)c(OCc2ccc(C)cc2)c1. The van der Waals surface area contributed by atoms with Crippen LogP contribution in [0.2, 0.25) is 5.02 Å². The summed E-state index contributed by atoms with van der Waals surface area (Å²) in [6, 6.07) is 21.9. The van der Waals surface area contributed by atoms with Gasteiger partial charge in [0.15, 0.2) is 0 Å². The molecular formula is C25H21ClN2O3. The Morgan fingerprint density at radius 3 is 2.58 bits per heavy atom. The zero-order chi connectivity index (χ0) is 22.2. The van der Waals surface area contributed by atoms with Crippen molar-refractivity contribution in [3.05, 3.63) is 94.0 Å². The van der Waals surface area contributed by atoms with Crippen molar-refractivity contribution in [2.24, 2.45) is 0 Å². The molecule has 156 valence electrons. The van der Waals surface area contributed by atoms with Crippen LogP contribution in [0.5, 0.6) is 11.5 Å². The van der Waals surface area contributed by atoms with Gasteiger partial charge in [-0.25, -0.2) is 0 Å². The van der Waals surface area contributed by atoms with Gasteiger partial charge in [0.05, 0.1) is 7.11 Å². The normalized spacial score (nSPS) is 10.8. The maximum absolute atomic E-state index is 12.6. The number of aryl methyl sites for hydroxylation is 1. The number of amides is 1. The molecule has 6 heteroatoms. The fraction of sp³-hybridized carbons (Fsp3) is 0.120. The lowest BCUT2D eigenvalue weighted by atomic mass is 10.1. The maximum Gasteiger partial charge on any atom is 0.266 e. The third-order valence-electron chi connectivity index (χ3n) is 4.48. The second-order valence-corrected chi connectivity index (χ2v) is 7.25. The van der Waals surface area contributed by atoms with E-state index in [0.717, 1.165) is 11.1 Å². The van der Waals surface area contributed by atoms with Crippen LogP contribution in [0.25, 0.3) is 6.08 Å². The fourth-order valence-corrected chi connectivity index (χ4v) is 2.99. The molecule has 5 nitrogen and oxygen atoms in total. The van der Waals surface area contributed by atoms with Crippen LogP contribution in [0.1, 0.15) is 16.7 Å². The lowest BCUT2D eigenvalue weighted by Crippen LogP contribution is -2.13. The molecule has 0 heterocycles. The van der Waals surface area contributed by atoms with Crippen LogP contribution in [0.4, 0.5) is 5.69 Å². The van der Waals surface area contributed by atoms with Crippen molar-refractivity contribution < 1.29 is 14.3 Å². The van der Waals surface area contributed by atoms with Gasteiger partial charge >= 0.3 is 0 Å². The van der Waals surface area contributed by atoms with Gasteiger partial charge in [0.2, 0.25) is 0 Å². The Labute approximate surface area is 186 Å². The molecule has 3 aromatic carbocycles. The van der Waals surface area contributed by atoms with Gasteiger partial charge in [-0.1, -0.05) is 47.5 Å². The average Bonchev–Trinajstić information content (AvgIpc) is 2.77. The molecule has 0 aliphatic rings. The third-order valence-corrected chi connectivity index (χ3v) is 4.72. The molecule has 0 spiro atoms. The van der Waals surface area contributed by atoms with Gasteiger partial charge < -0.3 is 14.8 Å². The first kappa shape index (κ1) is 21.9. The molecule has 3 aromatic rings. The molecule has 1 N–H and O–H groups in total. The van der Waals surface area contributed by atoms with Crippen molar-refractivity contribution in [1.82, 2.24) is 0 Å². The van der Waals surface area contributed by atoms with Crippen LogP contribution in [0.3, 0.4) is 0 Å². The monoisotopic (exact) mass is 432 g/mol. The highest BCUT2D eigenvalue weighted by molar-refractivity contribution is 6.31. The molecule has 0 unspecified atom stereocenters. The van der Waals surface area contributed by atoms with Crippen LogP contribution >= 0.6 is 11.6 Å². The summed E-state index contributed by atoms with van der Waals surface area (Å²) in [6.07, 6.45) is 1.49. The zero-order valence-corrected chi connectivity index (χ0v) is 17.9. The Bertz CT molecular complexity index is 1150. The highest BCUT2D eigenvalue weighted by Gasteiger charge is 2.13. The minimum Gasteiger partial charge on any atom is -0.497 e. The molecule has 0 radical (unpaired) electrons. The molecule has 0 saturated heterocycles. The first-order chi connectivity index (χ1) is 15.0. The predicted octanol–water partition coefficient (Wildman–Crippen LogP) is 5.78. The lowest BCUT2D eigenvalue weighted by Gasteiger charge is -2.12. The Hall–Kier alpha value is -3.75. The van der Waals surface area contributed by atoms with Crippen LogP contribution in [0.15, 0.2) is 72.3 Å². The summed E-state index contributed by atoms with van der Waals surface area (Å²) in [5.41, 5.74) is 3.20. The predicted molar refractivity (Wildman–Crippen MR) is 122 cm³/mol. The number of rotatable bonds is 7. The van der Waals surface area contributed by atoms with E-state index in [1.54, 1.807) is 49.6 Å². The summed E-state index contributed by atoms with van der Waals surface area (Å²) >= 11 is 5.96. The second kappa shape index (κ2) is 10.3. The lowest BCUT2D eigenvalue weighted by molar-refractivity contribution is -0.112. The molecule has 0 aromatic heterocycles. The van der Waals surface area contributed by atoms with Crippen molar-refractivity contribution >= 4 is 29.3 Å². The molecule has 1 amide bonds. The molecule has 0 saturated carbocycles. The number of nitriles is 1. The van der Waals surface area contributed by atoms with Gasteiger partial charge in [-0.15, -0.1) is 0 Å². The molecule has 3 rings (SSSR count). The number of nitrogens with zero attached hydrogens (tertiary/aromatic N) is 1. The Kier molecular flexibility index (Phi) is 7.31. The minimum absolute atomic E-state index is 0.0645. The van der Waals surface area contributed by atoms with Crippen molar-refractivity contribution in [3.63, 3.8) is 0 Å². The minimum atomic E-state index is -0.537. The highest BCUT2D eigenvalue weighted by atomic mass is 35.5. The molecule has 0 atom stereocenters. The van der Waals surface area contributed by atoms with Crippen LogP contribution in [-0.2, 0) is 11.4 Å². The van der Waals surface area contributed by atoms with Crippen molar-refractivity contribution in [3.8, 4) is 17.6 Å². The smallest absolute Gasteiger partial charge is 0.266 e. The summed E-state index contributed by atoms with van der Waals surface area (Å²) in [7, 11) is 1.56. The standard InChI is InChI=1S/C25H21ClN2O3/c1-17-6-8-18(9-7-17)16-31-24-14-23(30-2)11-10-19(24)12-20(15-27)25(29)28-22-5-3-4-21(26)13-22/h3-14H,16H2,1-2H3,(H,28,29)/b20-12+. The molecule has 0 aliphatic heterocycles. The number of ether oxygens (including phenoxy) is 2. The van der Waals surface area contributed by atoms with E-state index in [1.165, 1.54) is 6.08 Å². The quantitative estimate of drug-likeness (QED) is 0.379. The fourth-order valence-electron chi connectivity index (χ4n) is 2.80. The maximum atomic E-state index is 12.6. The van der Waals surface area contributed by atoms with Gasteiger partial charge in [-0.2, -0.15) is 5.26 Å². The summed E-state index contributed by atoms with van der Waals surface area (Å²) in [6.45, 7) is 2.36. The number of hydrogen-bond acceptors (Lipinski definition) is 4. The Morgan fingerprint density at radius 2 is 1.90 bits per heavy atom. The molecule has 0 aliphatic carbocycles. The molecule has 0 bridgehead atoms. The average molecular weight is 433 g/mol. The summed E-state index contributed by atoms with van der Waals surface area (Å²) in [4.78, 5) is 12.6. The van der Waals surface area contributed by atoms with E-state index in [0.29, 0.717) is 34.4 Å². The first-order valence-corrected chi connectivity index (χ1v) is 9.91. The van der Waals surface area contributed by atoms with Gasteiger partial charge in [0.25, 0.3) is 5.91 Å². The highest BCUT2D eigenvalue weighted by Crippen LogP contribution is 2.28. The van der Waals surface area contributed by atoms with E-state index in [1.807, 2.05) is 37.3 Å². The number of nitrogens with one attached hydrogen (secondary N) is 1. The summed E-state index contributed by atoms with van der Waals surface area (Å²) in [5.74, 6) is 0.575. The van der Waals surface area contributed by atoms with Gasteiger partial charge in [-0.05, 0) is 48.9 Å². The number of halogens is 1. The third kappa shape index (κ3) is 6.11. The topological polar surface area (TPSA) is 71.3 Å². The number of carbonyl (C=O) groups excluding carboxylic acids is 1. The Morgan fingerprint density at radius 1 is 1.13 bits per heavy atom. The van der Waals surface area contributed by atoms with E-state index in [9.17, 15) is 10.1 Å².